The molecule has 4 aromatic rings. The number of hydrogen-bond acceptors (Lipinski definition) is 6. The highest BCUT2D eigenvalue weighted by atomic mass is 19.1. The number of aromatic nitrogens is 5. The van der Waals surface area contributed by atoms with Crippen LogP contribution in [0.25, 0.3) is 33.2 Å². The van der Waals surface area contributed by atoms with Crippen molar-refractivity contribution in [2.75, 3.05) is 26.2 Å². The predicted molar refractivity (Wildman–Crippen MR) is 131 cm³/mol. The Morgan fingerprint density at radius 3 is 2.56 bits per heavy atom. The van der Waals surface area contributed by atoms with E-state index >= 15 is 4.39 Å². The fourth-order valence-corrected chi connectivity index (χ4v) is 4.20. The minimum absolute atomic E-state index is 0.0835. The molecular formula is C25H31FN6O2. The molecule has 0 bridgehead atoms. The summed E-state index contributed by atoms with van der Waals surface area (Å²) >= 11 is 0. The van der Waals surface area contributed by atoms with Crippen LogP contribution in [0.1, 0.15) is 39.4 Å². The molecule has 0 atom stereocenters. The van der Waals surface area contributed by atoms with E-state index in [1.165, 1.54) is 10.6 Å². The molecule has 0 aliphatic carbocycles. The van der Waals surface area contributed by atoms with E-state index in [1.807, 2.05) is 26.0 Å². The number of benzene rings is 1. The minimum atomic E-state index is -0.416. The lowest BCUT2D eigenvalue weighted by molar-refractivity contribution is 0.0936. The fourth-order valence-electron chi connectivity index (χ4n) is 4.20. The van der Waals surface area contributed by atoms with Gasteiger partial charge in [0.15, 0.2) is 5.65 Å². The van der Waals surface area contributed by atoms with Gasteiger partial charge >= 0.3 is 5.69 Å². The normalized spacial score (nSPS) is 12.0. The fraction of sp³-hybridized carbons (Fsp3) is 0.440. The van der Waals surface area contributed by atoms with E-state index in [-0.39, 0.29) is 11.7 Å². The smallest absolute Gasteiger partial charge is 0.330 e. The lowest BCUT2D eigenvalue weighted by Gasteiger charge is -2.17. The summed E-state index contributed by atoms with van der Waals surface area (Å²) in [6, 6.07) is 6.70. The number of fused-ring (bicyclic) bond motifs is 3. The monoisotopic (exact) mass is 466 g/mol. The molecule has 0 N–H and O–H groups in total. The third-order valence-corrected chi connectivity index (χ3v) is 6.20. The molecule has 8 nitrogen and oxygen atoms in total. The van der Waals surface area contributed by atoms with Gasteiger partial charge in [0.25, 0.3) is 0 Å². The van der Waals surface area contributed by atoms with Gasteiger partial charge in [-0.1, -0.05) is 19.9 Å². The first-order chi connectivity index (χ1) is 16.3. The van der Waals surface area contributed by atoms with Crippen molar-refractivity contribution in [3.63, 3.8) is 0 Å². The van der Waals surface area contributed by atoms with E-state index in [4.69, 9.17) is 4.74 Å². The molecule has 0 aliphatic heterocycles. The van der Waals surface area contributed by atoms with Gasteiger partial charge in [-0.15, -0.1) is 10.2 Å². The second-order valence-electron chi connectivity index (χ2n) is 8.64. The Hall–Kier alpha value is -3.17. The summed E-state index contributed by atoms with van der Waals surface area (Å²) in [6.07, 6.45) is 1.65. The molecule has 34 heavy (non-hydrogen) atoms. The van der Waals surface area contributed by atoms with Crippen LogP contribution in [0.15, 0.2) is 35.3 Å². The number of rotatable bonds is 9. The van der Waals surface area contributed by atoms with Crippen LogP contribution >= 0.6 is 0 Å². The van der Waals surface area contributed by atoms with Crippen molar-refractivity contribution in [3.05, 3.63) is 52.5 Å². The predicted octanol–water partition coefficient (Wildman–Crippen LogP) is 3.92. The van der Waals surface area contributed by atoms with Crippen molar-refractivity contribution in [3.8, 4) is 11.1 Å². The highest BCUT2D eigenvalue weighted by Crippen LogP contribution is 2.30. The van der Waals surface area contributed by atoms with Crippen LogP contribution in [-0.4, -0.2) is 55.5 Å². The van der Waals surface area contributed by atoms with E-state index < -0.39 is 5.82 Å². The minimum Gasteiger partial charge on any atom is -0.374 e. The van der Waals surface area contributed by atoms with E-state index in [9.17, 15) is 4.79 Å². The standard InChI is InChI=1S/C25H31FN6O2/c1-6-31(7-2)10-11-34-15-18-9-8-17(14-27-18)19-12-20-22(13-21(19)26)28-29-24-23(20)32(16(3)4)25(33)30(24)5/h8-9,12-14,16H,6-7,10-11,15H2,1-5H3. The van der Waals surface area contributed by atoms with Gasteiger partial charge in [-0.2, -0.15) is 0 Å². The summed E-state index contributed by atoms with van der Waals surface area (Å²) in [6.45, 7) is 12.1. The molecule has 0 amide bonds. The van der Waals surface area contributed by atoms with Crippen molar-refractivity contribution in [1.29, 1.82) is 0 Å². The van der Waals surface area contributed by atoms with Crippen LogP contribution in [0.2, 0.25) is 0 Å². The zero-order chi connectivity index (χ0) is 24.4. The summed E-state index contributed by atoms with van der Waals surface area (Å²) in [5.41, 5.74) is 3.18. The summed E-state index contributed by atoms with van der Waals surface area (Å²) in [5.74, 6) is -0.416. The number of hydrogen-bond donors (Lipinski definition) is 0. The second kappa shape index (κ2) is 9.99. The number of aryl methyl sites for hydroxylation is 1. The van der Waals surface area contributed by atoms with Gasteiger partial charge in [0, 0.05) is 48.4 Å². The summed E-state index contributed by atoms with van der Waals surface area (Å²) in [4.78, 5) is 19.5. The van der Waals surface area contributed by atoms with Crippen molar-refractivity contribution in [1.82, 2.24) is 29.2 Å². The maximum Gasteiger partial charge on any atom is 0.330 e. The Kier molecular flexibility index (Phi) is 7.04. The maximum absolute atomic E-state index is 15.0. The number of ether oxygens (including phenoxy) is 1. The van der Waals surface area contributed by atoms with Crippen LogP contribution in [0.3, 0.4) is 0 Å². The van der Waals surface area contributed by atoms with Crippen LogP contribution in [0, 0.1) is 5.82 Å². The molecular weight excluding hydrogens is 435 g/mol. The van der Waals surface area contributed by atoms with Crippen molar-refractivity contribution in [2.24, 2.45) is 7.05 Å². The molecule has 0 spiro atoms. The van der Waals surface area contributed by atoms with E-state index in [2.05, 4.69) is 33.9 Å². The Labute approximate surface area is 198 Å². The van der Waals surface area contributed by atoms with Gasteiger partial charge in [-0.3, -0.25) is 14.1 Å². The van der Waals surface area contributed by atoms with Gasteiger partial charge in [0.05, 0.1) is 24.4 Å². The maximum atomic E-state index is 15.0. The molecule has 0 saturated carbocycles. The zero-order valence-corrected chi connectivity index (χ0v) is 20.4. The molecule has 9 heteroatoms. The molecule has 3 heterocycles. The summed E-state index contributed by atoms with van der Waals surface area (Å²) in [7, 11) is 1.67. The Bertz CT molecular complexity index is 1360. The Morgan fingerprint density at radius 1 is 1.15 bits per heavy atom. The molecule has 4 rings (SSSR count). The average Bonchev–Trinajstić information content (AvgIpc) is 3.09. The third kappa shape index (κ3) is 4.45. The van der Waals surface area contributed by atoms with Crippen molar-refractivity contribution >= 4 is 22.1 Å². The van der Waals surface area contributed by atoms with Crippen molar-refractivity contribution < 1.29 is 9.13 Å². The van der Waals surface area contributed by atoms with Crippen LogP contribution in [0.4, 0.5) is 4.39 Å². The number of nitrogens with zero attached hydrogens (tertiary/aromatic N) is 6. The topological polar surface area (TPSA) is 78.1 Å². The van der Waals surface area contributed by atoms with E-state index in [0.717, 1.165) is 25.3 Å². The Morgan fingerprint density at radius 2 is 1.91 bits per heavy atom. The number of halogens is 1. The lowest BCUT2D eigenvalue weighted by Crippen LogP contribution is -2.27. The largest absolute Gasteiger partial charge is 0.374 e. The first kappa shape index (κ1) is 24.0. The average molecular weight is 467 g/mol. The van der Waals surface area contributed by atoms with Gasteiger partial charge in [0.1, 0.15) is 11.3 Å². The van der Waals surface area contributed by atoms with Crippen LogP contribution in [0.5, 0.6) is 0 Å². The first-order valence-electron chi connectivity index (χ1n) is 11.7. The molecule has 0 fully saturated rings. The van der Waals surface area contributed by atoms with E-state index in [0.29, 0.717) is 46.4 Å². The van der Waals surface area contributed by atoms with E-state index in [1.54, 1.807) is 23.9 Å². The number of likely N-dealkylation sites (N-methyl/N-ethyl adjacent to an activating group) is 1. The number of imidazole rings is 1. The second-order valence-corrected chi connectivity index (χ2v) is 8.64. The van der Waals surface area contributed by atoms with Crippen LogP contribution in [-0.2, 0) is 18.4 Å². The van der Waals surface area contributed by atoms with Gasteiger partial charge in [-0.25, -0.2) is 9.18 Å². The molecule has 0 unspecified atom stereocenters. The lowest BCUT2D eigenvalue weighted by atomic mass is 10.0. The first-order valence-corrected chi connectivity index (χ1v) is 11.7. The molecule has 1 aromatic carbocycles. The Balaban J connectivity index is 1.65. The molecule has 0 radical (unpaired) electrons. The highest BCUT2D eigenvalue weighted by Gasteiger charge is 2.20. The number of pyridine rings is 1. The molecule has 180 valence electrons. The SMILES string of the molecule is CCN(CC)CCOCc1ccc(-c2cc3c(cc2F)nnc2c3n(C(C)C)c(=O)n2C)cn1. The summed E-state index contributed by atoms with van der Waals surface area (Å²) < 4.78 is 23.9. The summed E-state index contributed by atoms with van der Waals surface area (Å²) in [5, 5.41) is 9.02. The van der Waals surface area contributed by atoms with Gasteiger partial charge in [0.2, 0.25) is 0 Å². The van der Waals surface area contributed by atoms with Gasteiger partial charge < -0.3 is 9.64 Å². The quantitative estimate of drug-likeness (QED) is 0.348. The highest BCUT2D eigenvalue weighted by molar-refractivity contribution is 6.02. The third-order valence-electron chi connectivity index (χ3n) is 6.20. The van der Waals surface area contributed by atoms with Gasteiger partial charge in [-0.05, 0) is 39.1 Å². The molecule has 0 aliphatic rings. The zero-order valence-electron chi connectivity index (χ0n) is 20.4. The van der Waals surface area contributed by atoms with Crippen molar-refractivity contribution in [2.45, 2.75) is 40.3 Å². The molecule has 0 saturated heterocycles. The molecule has 3 aromatic heterocycles. The van der Waals surface area contributed by atoms with Crippen LogP contribution < -0.4 is 5.69 Å².